The van der Waals surface area contributed by atoms with E-state index in [4.69, 9.17) is 4.74 Å². The zero-order valence-corrected chi connectivity index (χ0v) is 14.8. The molecule has 132 valence electrons. The molecule has 2 aromatic carbocycles. The van der Waals surface area contributed by atoms with E-state index in [0.717, 1.165) is 0 Å². The molecule has 25 heavy (non-hydrogen) atoms. The summed E-state index contributed by atoms with van der Waals surface area (Å²) in [6.45, 7) is 6.30. The molecule has 0 saturated carbocycles. The van der Waals surface area contributed by atoms with Crippen molar-refractivity contribution < 1.29 is 14.3 Å². The van der Waals surface area contributed by atoms with E-state index in [1.807, 2.05) is 32.0 Å². The van der Waals surface area contributed by atoms with Crippen LogP contribution in [0.1, 0.15) is 31.1 Å². The number of ether oxygens (including phenoxy) is 1. The zero-order valence-electron chi connectivity index (χ0n) is 14.8. The normalized spacial score (nSPS) is 11.7. The fourth-order valence-electron chi connectivity index (χ4n) is 2.17. The average molecular weight is 340 g/mol. The van der Waals surface area contributed by atoms with Gasteiger partial charge >= 0.3 is 0 Å². The van der Waals surface area contributed by atoms with Gasteiger partial charge in [-0.15, -0.1) is 0 Å². The standard InChI is InChI=1S/C20H24N2O3/c1-14(2)13-21-20(24)17-11-7-8-12-18(17)22-19(23)15(3)25-16-9-5-4-6-10-16/h4-12,14-15H,13H2,1-3H3,(H,21,24)(H,22,23)/t15-/m0/s1. The molecule has 1 atom stereocenters. The molecule has 0 aliphatic heterocycles. The molecule has 5 nitrogen and oxygen atoms in total. The smallest absolute Gasteiger partial charge is 0.265 e. The Morgan fingerprint density at radius 1 is 0.960 bits per heavy atom. The van der Waals surface area contributed by atoms with E-state index in [1.165, 1.54) is 0 Å². The number of hydrogen-bond acceptors (Lipinski definition) is 3. The molecule has 5 heteroatoms. The van der Waals surface area contributed by atoms with Crippen LogP contribution in [0.3, 0.4) is 0 Å². The van der Waals surface area contributed by atoms with Gasteiger partial charge in [-0.25, -0.2) is 0 Å². The first-order valence-corrected chi connectivity index (χ1v) is 8.37. The molecule has 0 radical (unpaired) electrons. The Balaban J connectivity index is 2.04. The summed E-state index contributed by atoms with van der Waals surface area (Å²) in [7, 11) is 0. The fraction of sp³-hybridized carbons (Fsp3) is 0.300. The third-order valence-corrected chi connectivity index (χ3v) is 3.53. The lowest BCUT2D eigenvalue weighted by Crippen LogP contribution is -2.32. The van der Waals surface area contributed by atoms with Crippen molar-refractivity contribution in [1.82, 2.24) is 5.32 Å². The summed E-state index contributed by atoms with van der Waals surface area (Å²) in [4.78, 5) is 24.7. The molecule has 0 spiro atoms. The van der Waals surface area contributed by atoms with Gasteiger partial charge in [0.05, 0.1) is 11.3 Å². The summed E-state index contributed by atoms with van der Waals surface area (Å²) >= 11 is 0. The largest absolute Gasteiger partial charge is 0.481 e. The second-order valence-electron chi connectivity index (χ2n) is 6.21. The summed E-state index contributed by atoms with van der Waals surface area (Å²) < 4.78 is 5.62. The van der Waals surface area contributed by atoms with Gasteiger partial charge in [-0.1, -0.05) is 44.2 Å². The molecule has 2 rings (SSSR count). The summed E-state index contributed by atoms with van der Waals surface area (Å²) in [5, 5.41) is 5.63. The highest BCUT2D eigenvalue weighted by Crippen LogP contribution is 2.17. The second-order valence-corrected chi connectivity index (χ2v) is 6.21. The van der Waals surface area contributed by atoms with Crippen molar-refractivity contribution in [2.24, 2.45) is 5.92 Å². The van der Waals surface area contributed by atoms with Crippen molar-refractivity contribution in [1.29, 1.82) is 0 Å². The number of benzene rings is 2. The average Bonchev–Trinajstić information content (AvgIpc) is 2.61. The van der Waals surface area contributed by atoms with Crippen molar-refractivity contribution in [3.63, 3.8) is 0 Å². The zero-order chi connectivity index (χ0) is 18.2. The Labute approximate surface area is 148 Å². The van der Waals surface area contributed by atoms with Gasteiger partial charge in [-0.2, -0.15) is 0 Å². The monoisotopic (exact) mass is 340 g/mol. The Bertz CT molecular complexity index is 714. The SMILES string of the molecule is CC(C)CNC(=O)c1ccccc1NC(=O)[C@H](C)Oc1ccccc1. The predicted octanol–water partition coefficient (Wildman–Crippen LogP) is 3.48. The molecule has 0 saturated heterocycles. The van der Waals surface area contributed by atoms with Crippen molar-refractivity contribution in [2.75, 3.05) is 11.9 Å². The Morgan fingerprint density at radius 2 is 1.60 bits per heavy atom. The van der Waals surface area contributed by atoms with Crippen LogP contribution in [-0.2, 0) is 4.79 Å². The number of nitrogens with one attached hydrogen (secondary N) is 2. The topological polar surface area (TPSA) is 67.4 Å². The lowest BCUT2D eigenvalue weighted by Gasteiger charge is -2.16. The minimum atomic E-state index is -0.686. The van der Waals surface area contributed by atoms with Crippen molar-refractivity contribution in [2.45, 2.75) is 26.9 Å². The van der Waals surface area contributed by atoms with Crippen LogP contribution in [0, 0.1) is 5.92 Å². The molecule has 0 aromatic heterocycles. The van der Waals surface area contributed by atoms with Gasteiger partial charge in [-0.3, -0.25) is 9.59 Å². The number of para-hydroxylation sites is 2. The Hall–Kier alpha value is -2.82. The van der Waals surface area contributed by atoms with E-state index in [0.29, 0.717) is 29.5 Å². The summed E-state index contributed by atoms with van der Waals surface area (Å²) in [5.74, 6) is 0.451. The first kappa shape index (κ1) is 18.5. The molecule has 0 aliphatic carbocycles. The molecule has 0 bridgehead atoms. The molecular formula is C20H24N2O3. The first-order valence-electron chi connectivity index (χ1n) is 8.37. The maximum atomic E-state index is 12.4. The van der Waals surface area contributed by atoms with Crippen LogP contribution in [-0.4, -0.2) is 24.5 Å². The number of carbonyl (C=O) groups excluding carboxylic acids is 2. The highest BCUT2D eigenvalue weighted by Gasteiger charge is 2.18. The van der Waals surface area contributed by atoms with Crippen LogP contribution in [0.4, 0.5) is 5.69 Å². The maximum Gasteiger partial charge on any atom is 0.265 e. The number of anilines is 1. The fourth-order valence-corrected chi connectivity index (χ4v) is 2.17. The third-order valence-electron chi connectivity index (χ3n) is 3.53. The van der Waals surface area contributed by atoms with Crippen molar-refractivity contribution in [3.8, 4) is 5.75 Å². The maximum absolute atomic E-state index is 12.4. The summed E-state index contributed by atoms with van der Waals surface area (Å²) in [5.41, 5.74) is 0.903. The van der Waals surface area contributed by atoms with Crippen LogP contribution in [0.15, 0.2) is 54.6 Å². The molecular weight excluding hydrogens is 316 g/mol. The molecule has 0 unspecified atom stereocenters. The molecule has 2 amide bonds. The third kappa shape index (κ3) is 5.64. The summed E-state index contributed by atoms with van der Waals surface area (Å²) in [6.07, 6.45) is -0.686. The Morgan fingerprint density at radius 3 is 2.28 bits per heavy atom. The van der Waals surface area contributed by atoms with Crippen LogP contribution >= 0.6 is 0 Å². The van der Waals surface area contributed by atoms with Crippen LogP contribution in [0.2, 0.25) is 0 Å². The summed E-state index contributed by atoms with van der Waals surface area (Å²) in [6, 6.07) is 16.1. The lowest BCUT2D eigenvalue weighted by atomic mass is 10.1. The van der Waals surface area contributed by atoms with E-state index in [-0.39, 0.29) is 11.8 Å². The lowest BCUT2D eigenvalue weighted by molar-refractivity contribution is -0.122. The second kappa shape index (κ2) is 8.87. The van der Waals surface area contributed by atoms with Crippen LogP contribution in [0.25, 0.3) is 0 Å². The minimum Gasteiger partial charge on any atom is -0.481 e. The number of hydrogen-bond donors (Lipinski definition) is 2. The van der Waals surface area contributed by atoms with Crippen LogP contribution in [0.5, 0.6) is 5.75 Å². The van der Waals surface area contributed by atoms with E-state index < -0.39 is 6.10 Å². The highest BCUT2D eigenvalue weighted by molar-refractivity contribution is 6.04. The van der Waals surface area contributed by atoms with Gasteiger partial charge in [0.1, 0.15) is 5.75 Å². The van der Waals surface area contributed by atoms with Crippen LogP contribution < -0.4 is 15.4 Å². The van der Waals surface area contributed by atoms with Gasteiger partial charge in [0.25, 0.3) is 11.8 Å². The van der Waals surface area contributed by atoms with Gasteiger partial charge in [0, 0.05) is 6.54 Å². The first-order chi connectivity index (χ1) is 12.0. The molecule has 2 aromatic rings. The van der Waals surface area contributed by atoms with Gasteiger partial charge in [0.2, 0.25) is 0 Å². The quantitative estimate of drug-likeness (QED) is 0.811. The predicted molar refractivity (Wildman–Crippen MR) is 98.8 cm³/mol. The van der Waals surface area contributed by atoms with Crippen molar-refractivity contribution in [3.05, 3.63) is 60.2 Å². The van der Waals surface area contributed by atoms with Gasteiger partial charge in [-0.05, 0) is 37.1 Å². The number of carbonyl (C=O) groups is 2. The van der Waals surface area contributed by atoms with E-state index in [9.17, 15) is 9.59 Å². The van der Waals surface area contributed by atoms with Gasteiger partial charge < -0.3 is 15.4 Å². The van der Waals surface area contributed by atoms with Gasteiger partial charge in [0.15, 0.2) is 6.10 Å². The minimum absolute atomic E-state index is 0.207. The van der Waals surface area contributed by atoms with E-state index >= 15 is 0 Å². The molecule has 0 fully saturated rings. The molecule has 0 heterocycles. The van der Waals surface area contributed by atoms with E-state index in [1.54, 1.807) is 43.3 Å². The number of rotatable bonds is 7. The van der Waals surface area contributed by atoms with E-state index in [2.05, 4.69) is 10.6 Å². The number of amides is 2. The highest BCUT2D eigenvalue weighted by atomic mass is 16.5. The van der Waals surface area contributed by atoms with Crippen molar-refractivity contribution >= 4 is 17.5 Å². The molecule has 2 N–H and O–H groups in total. The Kier molecular flexibility index (Phi) is 6.57. The molecule has 0 aliphatic rings.